The van der Waals surface area contributed by atoms with Gasteiger partial charge >= 0.3 is 0 Å². The van der Waals surface area contributed by atoms with Crippen LogP contribution in [0.25, 0.3) is 0 Å². The first-order valence-electron chi connectivity index (χ1n) is 5.40. The van der Waals surface area contributed by atoms with E-state index in [4.69, 9.17) is 5.21 Å². The van der Waals surface area contributed by atoms with Gasteiger partial charge in [-0.1, -0.05) is 35.5 Å². The van der Waals surface area contributed by atoms with Crippen molar-refractivity contribution in [1.82, 2.24) is 0 Å². The number of nitrogens with zero attached hydrogens (tertiary/aromatic N) is 1. The minimum Gasteiger partial charge on any atom is -0.511 e. The molecule has 0 bridgehead atoms. The molecule has 2 N–H and O–H groups in total. The summed E-state index contributed by atoms with van der Waals surface area (Å²) in [5, 5.41) is 21.0. The van der Waals surface area contributed by atoms with Gasteiger partial charge in [0.1, 0.15) is 5.76 Å². The lowest BCUT2D eigenvalue weighted by molar-refractivity contribution is -0.116. The molecule has 0 heterocycles. The predicted molar refractivity (Wildman–Crippen MR) is 63.4 cm³/mol. The van der Waals surface area contributed by atoms with Crippen molar-refractivity contribution < 1.29 is 15.1 Å². The smallest absolute Gasteiger partial charge is 0.168 e. The number of ketones is 1. The molecule has 1 aromatic rings. The molecule has 4 nitrogen and oxygen atoms in total. The van der Waals surface area contributed by atoms with Crippen LogP contribution >= 0.6 is 0 Å². The monoisotopic (exact) mass is 231 g/mol. The Labute approximate surface area is 98.9 Å². The Morgan fingerprint density at radius 2 is 1.94 bits per heavy atom. The van der Waals surface area contributed by atoms with Crippen molar-refractivity contribution in [1.29, 1.82) is 0 Å². The average Bonchev–Trinajstić information content (AvgIpc) is 2.35. The van der Waals surface area contributed by atoms with Crippen molar-refractivity contribution in [3.05, 3.63) is 47.2 Å². The van der Waals surface area contributed by atoms with E-state index in [9.17, 15) is 9.90 Å². The lowest BCUT2D eigenvalue weighted by atomic mass is 9.83. The van der Waals surface area contributed by atoms with Gasteiger partial charge < -0.3 is 10.3 Å². The zero-order chi connectivity index (χ0) is 12.3. The largest absolute Gasteiger partial charge is 0.511 e. The molecular formula is C13H13NO3. The molecule has 1 unspecified atom stereocenters. The van der Waals surface area contributed by atoms with Gasteiger partial charge in [-0.2, -0.15) is 0 Å². The summed E-state index contributed by atoms with van der Waals surface area (Å²) < 4.78 is 0. The first-order chi connectivity index (χ1) is 8.22. The zero-order valence-corrected chi connectivity index (χ0v) is 9.21. The molecule has 2 rings (SSSR count). The second-order valence-electron chi connectivity index (χ2n) is 4.04. The number of aliphatic hydroxyl groups is 1. The SMILES string of the molecule is O=C1CC(c2ccccc2)CC(O)=C1/C=N/O. The van der Waals surface area contributed by atoms with Gasteiger partial charge in [-0.15, -0.1) is 0 Å². The highest BCUT2D eigenvalue weighted by atomic mass is 16.4. The minimum atomic E-state index is -0.194. The van der Waals surface area contributed by atoms with Crippen molar-refractivity contribution in [3.63, 3.8) is 0 Å². The summed E-state index contributed by atoms with van der Waals surface area (Å²) in [4.78, 5) is 11.8. The molecule has 4 heteroatoms. The molecule has 0 aromatic heterocycles. The molecule has 0 spiro atoms. The Bertz CT molecular complexity index is 477. The Hall–Kier alpha value is -2.10. The van der Waals surface area contributed by atoms with Gasteiger partial charge in [0, 0.05) is 12.8 Å². The lowest BCUT2D eigenvalue weighted by Gasteiger charge is -2.22. The summed E-state index contributed by atoms with van der Waals surface area (Å²) in [5.74, 6) is -0.201. The zero-order valence-electron chi connectivity index (χ0n) is 9.21. The van der Waals surface area contributed by atoms with Gasteiger partial charge in [-0.25, -0.2) is 0 Å². The maximum Gasteiger partial charge on any atom is 0.168 e. The quantitative estimate of drug-likeness (QED) is 0.466. The first-order valence-corrected chi connectivity index (χ1v) is 5.40. The van der Waals surface area contributed by atoms with Crippen LogP contribution in [0.3, 0.4) is 0 Å². The minimum absolute atomic E-state index is 0.000423. The van der Waals surface area contributed by atoms with Crippen LogP contribution in [0.2, 0.25) is 0 Å². The molecule has 0 fully saturated rings. The number of hydrogen-bond acceptors (Lipinski definition) is 4. The number of benzene rings is 1. The Balaban J connectivity index is 2.26. The molecule has 0 radical (unpaired) electrons. The molecule has 1 aliphatic rings. The molecule has 0 saturated carbocycles. The Morgan fingerprint density at radius 3 is 2.53 bits per heavy atom. The molecule has 1 atom stereocenters. The summed E-state index contributed by atoms with van der Waals surface area (Å²) in [7, 11) is 0. The van der Waals surface area contributed by atoms with Crippen LogP contribution in [0.4, 0.5) is 0 Å². The standard InChI is InChI=1S/C13H13NO3/c15-12-6-10(9-4-2-1-3-5-9)7-13(16)11(12)8-14-17/h1-5,8,10,15,17H,6-7H2/b14-8+. The van der Waals surface area contributed by atoms with Gasteiger partial charge in [-0.05, 0) is 11.5 Å². The average molecular weight is 231 g/mol. The van der Waals surface area contributed by atoms with Crippen molar-refractivity contribution >= 4 is 12.0 Å². The number of carbonyl (C=O) groups is 1. The number of hydrogen-bond donors (Lipinski definition) is 2. The van der Waals surface area contributed by atoms with Gasteiger partial charge in [0.15, 0.2) is 5.78 Å². The first kappa shape index (κ1) is 11.4. The number of aliphatic hydroxyl groups excluding tert-OH is 1. The summed E-state index contributed by atoms with van der Waals surface area (Å²) in [5.41, 5.74) is 1.15. The number of carbonyl (C=O) groups excluding carboxylic acids is 1. The molecular weight excluding hydrogens is 218 g/mol. The van der Waals surface area contributed by atoms with E-state index in [2.05, 4.69) is 5.16 Å². The third-order valence-electron chi connectivity index (χ3n) is 2.94. The lowest BCUT2D eigenvalue weighted by Crippen LogP contribution is -2.19. The van der Waals surface area contributed by atoms with Crippen molar-refractivity contribution in [2.45, 2.75) is 18.8 Å². The molecule has 88 valence electrons. The van der Waals surface area contributed by atoms with Crippen molar-refractivity contribution in [3.8, 4) is 0 Å². The van der Waals surface area contributed by atoms with Crippen LogP contribution in [0.1, 0.15) is 24.3 Å². The van der Waals surface area contributed by atoms with E-state index in [1.807, 2.05) is 30.3 Å². The molecule has 1 aromatic carbocycles. The van der Waals surface area contributed by atoms with E-state index in [-0.39, 0.29) is 23.0 Å². The summed E-state index contributed by atoms with van der Waals surface area (Å²) in [6.07, 6.45) is 1.73. The second-order valence-corrected chi connectivity index (χ2v) is 4.04. The summed E-state index contributed by atoms with van der Waals surface area (Å²) in [6.45, 7) is 0. The predicted octanol–water partition coefficient (Wildman–Crippen LogP) is 2.41. The normalized spacial score (nSPS) is 21.2. The number of rotatable bonds is 2. The van der Waals surface area contributed by atoms with Gasteiger partial charge in [0.2, 0.25) is 0 Å². The van der Waals surface area contributed by atoms with Gasteiger partial charge in [0.05, 0.1) is 11.8 Å². The van der Waals surface area contributed by atoms with Crippen LogP contribution in [-0.4, -0.2) is 22.3 Å². The maximum absolute atomic E-state index is 11.8. The molecule has 0 saturated heterocycles. The fraction of sp³-hybridized carbons (Fsp3) is 0.231. The highest BCUT2D eigenvalue weighted by molar-refractivity contribution is 6.14. The summed E-state index contributed by atoms with van der Waals surface area (Å²) in [6, 6.07) is 9.61. The molecule has 0 aliphatic heterocycles. The van der Waals surface area contributed by atoms with E-state index in [1.54, 1.807) is 0 Å². The highest BCUT2D eigenvalue weighted by Crippen LogP contribution is 2.32. The van der Waals surface area contributed by atoms with Crippen LogP contribution in [0, 0.1) is 0 Å². The number of Topliss-reactive ketones (excluding diaryl/α,β-unsaturated/α-hetero) is 1. The molecule has 0 amide bonds. The maximum atomic E-state index is 11.8. The molecule has 1 aliphatic carbocycles. The molecule has 17 heavy (non-hydrogen) atoms. The number of allylic oxidation sites excluding steroid dienone is 2. The van der Waals surface area contributed by atoms with E-state index >= 15 is 0 Å². The van der Waals surface area contributed by atoms with Crippen LogP contribution < -0.4 is 0 Å². The topological polar surface area (TPSA) is 69.9 Å². The summed E-state index contributed by atoms with van der Waals surface area (Å²) >= 11 is 0. The Morgan fingerprint density at radius 1 is 1.24 bits per heavy atom. The van der Waals surface area contributed by atoms with Crippen LogP contribution in [0.5, 0.6) is 0 Å². The van der Waals surface area contributed by atoms with Gasteiger partial charge in [0.25, 0.3) is 0 Å². The van der Waals surface area contributed by atoms with Gasteiger partial charge in [-0.3, -0.25) is 4.79 Å². The highest BCUT2D eigenvalue weighted by Gasteiger charge is 2.27. The third-order valence-corrected chi connectivity index (χ3v) is 2.94. The van der Waals surface area contributed by atoms with E-state index in [1.165, 1.54) is 0 Å². The van der Waals surface area contributed by atoms with E-state index < -0.39 is 0 Å². The number of oxime groups is 1. The fourth-order valence-corrected chi connectivity index (χ4v) is 2.08. The second kappa shape index (κ2) is 4.82. The van der Waals surface area contributed by atoms with E-state index in [0.29, 0.717) is 12.8 Å². The van der Waals surface area contributed by atoms with E-state index in [0.717, 1.165) is 11.8 Å². The third kappa shape index (κ3) is 2.36. The van der Waals surface area contributed by atoms with Crippen molar-refractivity contribution in [2.24, 2.45) is 5.16 Å². The van der Waals surface area contributed by atoms with Crippen LogP contribution in [-0.2, 0) is 4.79 Å². The Kier molecular flexibility index (Phi) is 3.23. The van der Waals surface area contributed by atoms with Crippen molar-refractivity contribution in [2.75, 3.05) is 0 Å². The fourth-order valence-electron chi connectivity index (χ4n) is 2.08. The van der Waals surface area contributed by atoms with Crippen LogP contribution in [0.15, 0.2) is 46.8 Å².